The van der Waals surface area contributed by atoms with Crippen LogP contribution < -0.4 is 10.6 Å². The van der Waals surface area contributed by atoms with Crippen LogP contribution in [0.5, 0.6) is 0 Å². The van der Waals surface area contributed by atoms with Crippen LogP contribution in [0.25, 0.3) is 0 Å². The van der Waals surface area contributed by atoms with Crippen molar-refractivity contribution in [2.24, 2.45) is 0 Å². The molecule has 136 valence electrons. The minimum atomic E-state index is -1.65. The maximum Gasteiger partial charge on any atom is 0.472 e. The van der Waals surface area contributed by atoms with E-state index in [1.165, 1.54) is 17.0 Å². The highest BCUT2D eigenvalue weighted by Gasteiger charge is 2.33. The van der Waals surface area contributed by atoms with Gasteiger partial charge in [-0.3, -0.25) is 9.59 Å². The number of carbonyl (C=O) groups is 2. The topological polar surface area (TPSA) is 102 Å². The zero-order valence-corrected chi connectivity index (χ0v) is 13.5. The first-order valence-corrected chi connectivity index (χ1v) is 7.96. The fourth-order valence-electron chi connectivity index (χ4n) is 2.78. The lowest BCUT2D eigenvalue weighted by Crippen LogP contribution is -2.50. The highest BCUT2D eigenvalue weighted by atomic mass is 19.1. The Labute approximate surface area is 144 Å². The van der Waals surface area contributed by atoms with E-state index in [1.54, 1.807) is 0 Å². The van der Waals surface area contributed by atoms with E-state index >= 15 is 0 Å². The van der Waals surface area contributed by atoms with Gasteiger partial charge in [0.1, 0.15) is 17.7 Å². The van der Waals surface area contributed by atoms with Crippen molar-refractivity contribution in [3.05, 3.63) is 35.4 Å². The predicted octanol–water partition coefficient (Wildman–Crippen LogP) is -0.826. The SMILES string of the molecule is O=C(NCB(O)O)C1CCCN1C(=O)CNCc1cc(F)cc(F)c1. The molecule has 4 N–H and O–H groups in total. The first kappa shape index (κ1) is 19.3. The Hall–Kier alpha value is -2.04. The Morgan fingerprint density at radius 2 is 1.92 bits per heavy atom. The van der Waals surface area contributed by atoms with Gasteiger partial charge in [-0.25, -0.2) is 8.78 Å². The number of nitrogens with zero attached hydrogens (tertiary/aromatic N) is 1. The van der Waals surface area contributed by atoms with Gasteiger partial charge in [-0.2, -0.15) is 0 Å². The Kier molecular flexibility index (Phi) is 6.86. The highest BCUT2D eigenvalue weighted by molar-refractivity contribution is 6.41. The fourth-order valence-corrected chi connectivity index (χ4v) is 2.78. The summed E-state index contributed by atoms with van der Waals surface area (Å²) >= 11 is 0. The molecular formula is C15H20BF2N3O4. The number of hydrogen-bond donors (Lipinski definition) is 4. The molecule has 1 heterocycles. The summed E-state index contributed by atoms with van der Waals surface area (Å²) in [6.45, 7) is 0.460. The summed E-state index contributed by atoms with van der Waals surface area (Å²) < 4.78 is 26.2. The van der Waals surface area contributed by atoms with Crippen molar-refractivity contribution in [1.29, 1.82) is 0 Å². The number of benzene rings is 1. The molecule has 0 spiro atoms. The molecule has 10 heteroatoms. The van der Waals surface area contributed by atoms with Crippen molar-refractivity contribution in [3.63, 3.8) is 0 Å². The molecule has 25 heavy (non-hydrogen) atoms. The van der Waals surface area contributed by atoms with E-state index in [2.05, 4.69) is 10.6 Å². The van der Waals surface area contributed by atoms with Gasteiger partial charge in [0.2, 0.25) is 11.8 Å². The standard InChI is InChI=1S/C15H20BF2N3O4/c17-11-4-10(5-12(18)6-11)7-19-8-14(22)21-3-1-2-13(21)15(23)20-9-16(24)25/h4-6,13,19,24-25H,1-3,7-9H2,(H,20,23). The van der Waals surface area contributed by atoms with Crippen LogP contribution in [0.1, 0.15) is 18.4 Å². The van der Waals surface area contributed by atoms with Gasteiger partial charge in [0.05, 0.1) is 13.0 Å². The summed E-state index contributed by atoms with van der Waals surface area (Å²) in [5, 5.41) is 22.7. The maximum absolute atomic E-state index is 13.1. The van der Waals surface area contributed by atoms with Gasteiger partial charge in [-0.05, 0) is 30.5 Å². The summed E-state index contributed by atoms with van der Waals surface area (Å²) in [6, 6.07) is 2.46. The van der Waals surface area contributed by atoms with Gasteiger partial charge < -0.3 is 25.6 Å². The predicted molar refractivity (Wildman–Crippen MR) is 86.0 cm³/mol. The van der Waals surface area contributed by atoms with Gasteiger partial charge in [0, 0.05) is 19.2 Å². The van der Waals surface area contributed by atoms with E-state index in [-0.39, 0.29) is 25.4 Å². The summed E-state index contributed by atoms with van der Waals surface area (Å²) in [5.74, 6) is -2.12. The second kappa shape index (κ2) is 8.88. The third-order valence-electron chi connectivity index (χ3n) is 3.86. The van der Waals surface area contributed by atoms with E-state index < -0.39 is 30.7 Å². The highest BCUT2D eigenvalue weighted by Crippen LogP contribution is 2.17. The average Bonchev–Trinajstić information content (AvgIpc) is 3.01. The fraction of sp³-hybridized carbons (Fsp3) is 0.467. The molecule has 1 aliphatic rings. The molecule has 2 amide bonds. The normalized spacial score (nSPS) is 16.8. The number of rotatable bonds is 7. The van der Waals surface area contributed by atoms with Crippen LogP contribution in [-0.4, -0.2) is 59.5 Å². The quantitative estimate of drug-likeness (QED) is 0.479. The van der Waals surface area contributed by atoms with E-state index in [4.69, 9.17) is 10.0 Å². The van der Waals surface area contributed by atoms with Crippen LogP contribution in [0, 0.1) is 11.6 Å². The molecule has 0 aromatic heterocycles. The molecule has 1 aromatic carbocycles. The number of carbonyl (C=O) groups excluding carboxylic acids is 2. The van der Waals surface area contributed by atoms with E-state index in [0.29, 0.717) is 24.9 Å². The number of hydrogen-bond acceptors (Lipinski definition) is 5. The molecule has 0 aliphatic carbocycles. The van der Waals surface area contributed by atoms with Crippen LogP contribution >= 0.6 is 0 Å². The zero-order chi connectivity index (χ0) is 18.4. The van der Waals surface area contributed by atoms with Crippen LogP contribution in [0.2, 0.25) is 0 Å². The van der Waals surface area contributed by atoms with E-state index in [9.17, 15) is 18.4 Å². The smallest absolute Gasteiger partial charge is 0.426 e. The molecule has 1 saturated heterocycles. The van der Waals surface area contributed by atoms with Crippen LogP contribution in [0.3, 0.4) is 0 Å². The lowest BCUT2D eigenvalue weighted by atomic mass is 9.92. The minimum absolute atomic E-state index is 0.0788. The largest absolute Gasteiger partial charge is 0.472 e. The van der Waals surface area contributed by atoms with Crippen LogP contribution in [0.15, 0.2) is 18.2 Å². The Morgan fingerprint density at radius 3 is 2.56 bits per heavy atom. The van der Waals surface area contributed by atoms with Gasteiger partial charge in [-0.1, -0.05) is 0 Å². The molecule has 1 aliphatic heterocycles. The summed E-state index contributed by atoms with van der Waals surface area (Å²) in [5.41, 5.74) is 0.373. The molecule has 2 rings (SSSR count). The third kappa shape index (κ3) is 5.77. The van der Waals surface area contributed by atoms with Crippen molar-refractivity contribution in [2.75, 3.05) is 19.5 Å². The van der Waals surface area contributed by atoms with Crippen LogP contribution in [0.4, 0.5) is 8.78 Å². The molecule has 0 bridgehead atoms. The molecule has 1 unspecified atom stereocenters. The first-order chi connectivity index (χ1) is 11.9. The number of likely N-dealkylation sites (tertiary alicyclic amines) is 1. The first-order valence-electron chi connectivity index (χ1n) is 7.96. The Bertz CT molecular complexity index is 613. The Balaban J connectivity index is 1.83. The van der Waals surface area contributed by atoms with Crippen LogP contribution in [-0.2, 0) is 16.1 Å². The molecule has 0 radical (unpaired) electrons. The van der Waals surface area contributed by atoms with Gasteiger partial charge in [0.25, 0.3) is 0 Å². The van der Waals surface area contributed by atoms with Gasteiger partial charge in [0.15, 0.2) is 0 Å². The second-order valence-electron chi connectivity index (χ2n) is 5.85. The molecule has 0 saturated carbocycles. The van der Waals surface area contributed by atoms with E-state index in [1.807, 2.05) is 0 Å². The number of halogens is 2. The summed E-state index contributed by atoms with van der Waals surface area (Å²) in [7, 11) is -1.65. The molecule has 1 atom stereocenters. The molecule has 7 nitrogen and oxygen atoms in total. The van der Waals surface area contributed by atoms with E-state index in [0.717, 1.165) is 6.07 Å². The zero-order valence-electron chi connectivity index (χ0n) is 13.5. The maximum atomic E-state index is 13.1. The molecule has 1 fully saturated rings. The summed E-state index contributed by atoms with van der Waals surface area (Å²) in [4.78, 5) is 25.7. The van der Waals surface area contributed by atoms with Crippen molar-refractivity contribution in [1.82, 2.24) is 15.5 Å². The average molecular weight is 355 g/mol. The third-order valence-corrected chi connectivity index (χ3v) is 3.86. The lowest BCUT2D eigenvalue weighted by Gasteiger charge is -2.24. The van der Waals surface area contributed by atoms with Crippen molar-refractivity contribution in [3.8, 4) is 0 Å². The van der Waals surface area contributed by atoms with Crippen molar-refractivity contribution >= 4 is 18.9 Å². The van der Waals surface area contributed by atoms with Gasteiger partial charge >= 0.3 is 7.12 Å². The summed E-state index contributed by atoms with van der Waals surface area (Å²) in [6.07, 6.45) is 0.857. The second-order valence-corrected chi connectivity index (χ2v) is 5.85. The number of amides is 2. The monoisotopic (exact) mass is 355 g/mol. The Morgan fingerprint density at radius 1 is 1.24 bits per heavy atom. The number of nitrogens with one attached hydrogen (secondary N) is 2. The lowest BCUT2D eigenvalue weighted by molar-refractivity contribution is -0.137. The van der Waals surface area contributed by atoms with Gasteiger partial charge in [-0.15, -0.1) is 0 Å². The molecule has 1 aromatic rings. The molecular weight excluding hydrogens is 335 g/mol. The van der Waals surface area contributed by atoms with Crippen molar-refractivity contribution < 1.29 is 28.4 Å². The minimum Gasteiger partial charge on any atom is -0.426 e. The van der Waals surface area contributed by atoms with Crippen molar-refractivity contribution in [2.45, 2.75) is 25.4 Å².